The highest BCUT2D eigenvalue weighted by molar-refractivity contribution is 6.03. The first-order valence-corrected chi connectivity index (χ1v) is 7.74. The first-order chi connectivity index (χ1) is 11.0. The summed E-state index contributed by atoms with van der Waals surface area (Å²) < 4.78 is 14.9. The topological polar surface area (TPSA) is 71.8 Å². The van der Waals surface area contributed by atoms with Crippen LogP contribution in [0.15, 0.2) is 18.2 Å². The molecule has 0 radical (unpaired) electrons. The second-order valence-electron chi connectivity index (χ2n) is 5.86. The predicted octanol–water partition coefficient (Wildman–Crippen LogP) is 1.98. The molecular formula is C16H20FN5O. The van der Waals surface area contributed by atoms with Crippen molar-refractivity contribution in [3.05, 3.63) is 41.0 Å². The van der Waals surface area contributed by atoms with Gasteiger partial charge in [-0.25, -0.2) is 9.07 Å². The fourth-order valence-electron chi connectivity index (χ4n) is 2.73. The number of hydrogen-bond donors (Lipinski definition) is 2. The summed E-state index contributed by atoms with van der Waals surface area (Å²) in [6.07, 6.45) is 1.99. The summed E-state index contributed by atoms with van der Waals surface area (Å²) in [4.78, 5) is 16.7. The number of anilines is 1. The van der Waals surface area contributed by atoms with Gasteiger partial charge in [0.1, 0.15) is 5.82 Å². The number of halogens is 1. The van der Waals surface area contributed by atoms with Crippen LogP contribution < -0.4 is 10.6 Å². The van der Waals surface area contributed by atoms with Crippen molar-refractivity contribution >= 4 is 11.9 Å². The van der Waals surface area contributed by atoms with Gasteiger partial charge in [0.25, 0.3) is 5.91 Å². The SMILES string of the molecule is Cc1cc(C(=O)Nc2nc(C3CCNCC3)nn2C)ccc1F. The third-order valence-corrected chi connectivity index (χ3v) is 4.13. The van der Waals surface area contributed by atoms with Crippen LogP contribution in [0.2, 0.25) is 0 Å². The molecule has 0 unspecified atom stereocenters. The van der Waals surface area contributed by atoms with Crippen molar-refractivity contribution in [1.82, 2.24) is 20.1 Å². The molecule has 1 saturated heterocycles. The fraction of sp³-hybridized carbons (Fsp3) is 0.438. The van der Waals surface area contributed by atoms with Crippen LogP contribution in [0.5, 0.6) is 0 Å². The number of aromatic nitrogens is 3. The Morgan fingerprint density at radius 2 is 2.13 bits per heavy atom. The molecule has 1 aliphatic heterocycles. The molecular weight excluding hydrogens is 297 g/mol. The van der Waals surface area contributed by atoms with Gasteiger partial charge in [0.2, 0.25) is 5.95 Å². The van der Waals surface area contributed by atoms with Crippen LogP contribution in [0.25, 0.3) is 0 Å². The minimum atomic E-state index is -0.326. The lowest BCUT2D eigenvalue weighted by Crippen LogP contribution is -2.27. The van der Waals surface area contributed by atoms with Gasteiger partial charge in [0, 0.05) is 18.5 Å². The molecule has 6 nitrogen and oxygen atoms in total. The number of piperidine rings is 1. The van der Waals surface area contributed by atoms with Crippen LogP contribution in [-0.4, -0.2) is 33.8 Å². The fourth-order valence-corrected chi connectivity index (χ4v) is 2.73. The van der Waals surface area contributed by atoms with Gasteiger partial charge in [0.05, 0.1) is 0 Å². The average molecular weight is 317 g/mol. The monoisotopic (exact) mass is 317 g/mol. The third kappa shape index (κ3) is 3.39. The Morgan fingerprint density at radius 1 is 1.39 bits per heavy atom. The van der Waals surface area contributed by atoms with Crippen molar-refractivity contribution in [1.29, 1.82) is 0 Å². The number of nitrogens with zero attached hydrogens (tertiary/aromatic N) is 3. The van der Waals surface area contributed by atoms with E-state index in [4.69, 9.17) is 0 Å². The van der Waals surface area contributed by atoms with Crippen LogP contribution in [0, 0.1) is 12.7 Å². The third-order valence-electron chi connectivity index (χ3n) is 4.13. The summed E-state index contributed by atoms with van der Waals surface area (Å²) in [5, 5.41) is 10.5. The quantitative estimate of drug-likeness (QED) is 0.908. The number of aryl methyl sites for hydroxylation is 2. The predicted molar refractivity (Wildman–Crippen MR) is 84.9 cm³/mol. The number of benzene rings is 1. The van der Waals surface area contributed by atoms with Crippen LogP contribution in [0.3, 0.4) is 0 Å². The second-order valence-corrected chi connectivity index (χ2v) is 5.86. The molecule has 1 aliphatic rings. The lowest BCUT2D eigenvalue weighted by molar-refractivity contribution is 0.102. The molecule has 2 aromatic rings. The van der Waals surface area contributed by atoms with Gasteiger partial charge in [-0.1, -0.05) is 0 Å². The van der Waals surface area contributed by atoms with Crippen LogP contribution >= 0.6 is 0 Å². The molecule has 0 saturated carbocycles. The first-order valence-electron chi connectivity index (χ1n) is 7.74. The first kappa shape index (κ1) is 15.6. The van der Waals surface area contributed by atoms with E-state index in [2.05, 4.69) is 20.7 Å². The van der Waals surface area contributed by atoms with E-state index < -0.39 is 0 Å². The average Bonchev–Trinajstić information content (AvgIpc) is 2.92. The highest BCUT2D eigenvalue weighted by Gasteiger charge is 2.21. The zero-order chi connectivity index (χ0) is 16.4. The summed E-state index contributed by atoms with van der Waals surface area (Å²) in [6, 6.07) is 4.28. The Balaban J connectivity index is 1.75. The smallest absolute Gasteiger partial charge is 0.258 e. The van der Waals surface area contributed by atoms with E-state index in [0.717, 1.165) is 31.8 Å². The van der Waals surface area contributed by atoms with Gasteiger partial charge in [-0.15, -0.1) is 0 Å². The van der Waals surface area contributed by atoms with Crippen molar-refractivity contribution in [2.75, 3.05) is 18.4 Å². The Labute approximate surface area is 134 Å². The highest BCUT2D eigenvalue weighted by atomic mass is 19.1. The molecule has 0 bridgehead atoms. The van der Waals surface area contributed by atoms with E-state index in [1.54, 1.807) is 18.7 Å². The van der Waals surface area contributed by atoms with E-state index in [1.165, 1.54) is 18.2 Å². The molecule has 3 rings (SSSR count). The summed E-state index contributed by atoms with van der Waals surface area (Å²) in [7, 11) is 1.75. The number of amides is 1. The minimum absolute atomic E-state index is 0.319. The zero-order valence-electron chi connectivity index (χ0n) is 13.3. The Hall–Kier alpha value is -2.28. The summed E-state index contributed by atoms with van der Waals surface area (Å²) in [6.45, 7) is 3.54. The maximum atomic E-state index is 13.3. The lowest BCUT2D eigenvalue weighted by Gasteiger charge is -2.19. The number of carbonyl (C=O) groups is 1. The lowest BCUT2D eigenvalue weighted by atomic mass is 9.98. The van der Waals surface area contributed by atoms with E-state index in [9.17, 15) is 9.18 Å². The Bertz CT molecular complexity index is 721. The maximum absolute atomic E-state index is 13.3. The molecule has 0 atom stereocenters. The summed E-state index contributed by atoms with van der Waals surface area (Å²) in [5.41, 5.74) is 0.835. The van der Waals surface area contributed by atoms with Gasteiger partial charge in [-0.05, 0) is 56.6 Å². The molecule has 2 heterocycles. The number of carbonyl (C=O) groups excluding carboxylic acids is 1. The van der Waals surface area contributed by atoms with Crippen molar-refractivity contribution in [2.45, 2.75) is 25.7 Å². The maximum Gasteiger partial charge on any atom is 0.258 e. The molecule has 1 amide bonds. The van der Waals surface area contributed by atoms with E-state index >= 15 is 0 Å². The van der Waals surface area contributed by atoms with Crippen LogP contribution in [-0.2, 0) is 7.05 Å². The van der Waals surface area contributed by atoms with Crippen LogP contribution in [0.4, 0.5) is 10.3 Å². The van der Waals surface area contributed by atoms with E-state index in [-0.39, 0.29) is 11.7 Å². The van der Waals surface area contributed by atoms with Gasteiger partial charge in [-0.3, -0.25) is 10.1 Å². The molecule has 2 N–H and O–H groups in total. The Morgan fingerprint density at radius 3 is 2.83 bits per heavy atom. The molecule has 122 valence electrons. The number of hydrogen-bond acceptors (Lipinski definition) is 4. The minimum Gasteiger partial charge on any atom is -0.317 e. The molecule has 23 heavy (non-hydrogen) atoms. The molecule has 0 spiro atoms. The molecule has 1 aromatic heterocycles. The van der Waals surface area contributed by atoms with Crippen LogP contribution in [0.1, 0.15) is 40.5 Å². The molecule has 1 fully saturated rings. The second kappa shape index (κ2) is 6.45. The van der Waals surface area contributed by atoms with Crippen molar-refractivity contribution in [3.8, 4) is 0 Å². The van der Waals surface area contributed by atoms with Crippen molar-refractivity contribution in [2.24, 2.45) is 7.05 Å². The molecule has 7 heteroatoms. The highest BCUT2D eigenvalue weighted by Crippen LogP contribution is 2.23. The van der Waals surface area contributed by atoms with E-state index in [1.807, 2.05) is 0 Å². The van der Waals surface area contributed by atoms with E-state index in [0.29, 0.717) is 23.0 Å². The normalized spacial score (nSPS) is 15.6. The van der Waals surface area contributed by atoms with Crippen molar-refractivity contribution in [3.63, 3.8) is 0 Å². The summed E-state index contributed by atoms with van der Waals surface area (Å²) >= 11 is 0. The largest absolute Gasteiger partial charge is 0.317 e. The van der Waals surface area contributed by atoms with Gasteiger partial charge in [-0.2, -0.15) is 10.1 Å². The zero-order valence-corrected chi connectivity index (χ0v) is 13.3. The van der Waals surface area contributed by atoms with Crippen molar-refractivity contribution < 1.29 is 9.18 Å². The molecule has 1 aromatic carbocycles. The summed E-state index contributed by atoms with van der Waals surface area (Å²) in [5.74, 6) is 0.847. The molecule has 0 aliphatic carbocycles. The van der Waals surface area contributed by atoms with Gasteiger partial charge in [0.15, 0.2) is 5.82 Å². The number of nitrogens with one attached hydrogen (secondary N) is 2. The van der Waals surface area contributed by atoms with Gasteiger partial charge < -0.3 is 5.32 Å². The Kier molecular flexibility index (Phi) is 4.38. The number of rotatable bonds is 3. The standard InChI is InChI=1S/C16H20FN5O/c1-10-9-12(3-4-13(10)17)15(23)20-16-19-14(21-22(16)2)11-5-7-18-8-6-11/h3-4,9,11,18H,5-8H2,1-2H3,(H,19,20,21,23). The van der Waals surface area contributed by atoms with Gasteiger partial charge >= 0.3 is 0 Å².